The van der Waals surface area contributed by atoms with Crippen molar-refractivity contribution in [1.29, 1.82) is 0 Å². The molecule has 1 aliphatic heterocycles. The van der Waals surface area contributed by atoms with Gasteiger partial charge in [-0.25, -0.2) is 0 Å². The molecule has 4 heteroatoms. The van der Waals surface area contributed by atoms with Crippen LogP contribution in [0.3, 0.4) is 0 Å². The third kappa shape index (κ3) is 1.82. The molecule has 1 saturated heterocycles. The summed E-state index contributed by atoms with van der Waals surface area (Å²) in [4.78, 5) is 23.8. The molecular formula is C15H17NO3. The second-order valence-electron chi connectivity index (χ2n) is 5.42. The van der Waals surface area contributed by atoms with Crippen LogP contribution in [0.15, 0.2) is 24.3 Å². The van der Waals surface area contributed by atoms with Gasteiger partial charge in [-0.1, -0.05) is 18.6 Å². The largest absolute Gasteiger partial charge is 0.497 e. The zero-order valence-corrected chi connectivity index (χ0v) is 10.9. The highest BCUT2D eigenvalue weighted by Gasteiger charge is 2.52. The van der Waals surface area contributed by atoms with E-state index in [0.29, 0.717) is 6.42 Å². The fourth-order valence-corrected chi connectivity index (χ4v) is 3.60. The van der Waals surface area contributed by atoms with Crippen LogP contribution in [0.1, 0.15) is 31.2 Å². The van der Waals surface area contributed by atoms with Crippen molar-refractivity contribution in [1.82, 2.24) is 5.32 Å². The highest BCUT2D eigenvalue weighted by atomic mass is 16.5. The molecule has 1 N–H and O–H groups in total. The Kier molecular flexibility index (Phi) is 2.81. The van der Waals surface area contributed by atoms with Crippen molar-refractivity contribution >= 4 is 11.8 Å². The average molecular weight is 259 g/mol. The van der Waals surface area contributed by atoms with Crippen molar-refractivity contribution in [3.8, 4) is 5.75 Å². The smallest absolute Gasteiger partial charge is 0.230 e. The maximum atomic E-state index is 12.1. The number of imide groups is 1. The van der Waals surface area contributed by atoms with Gasteiger partial charge < -0.3 is 4.74 Å². The van der Waals surface area contributed by atoms with Crippen LogP contribution < -0.4 is 10.1 Å². The van der Waals surface area contributed by atoms with E-state index < -0.39 is 0 Å². The lowest BCUT2D eigenvalue weighted by Gasteiger charge is -2.38. The zero-order valence-electron chi connectivity index (χ0n) is 10.9. The Hall–Kier alpha value is -1.84. The second-order valence-corrected chi connectivity index (χ2v) is 5.42. The topological polar surface area (TPSA) is 55.4 Å². The van der Waals surface area contributed by atoms with Crippen LogP contribution in [-0.4, -0.2) is 18.9 Å². The van der Waals surface area contributed by atoms with Crippen LogP contribution in [0, 0.1) is 5.92 Å². The predicted molar refractivity (Wildman–Crippen MR) is 69.8 cm³/mol. The first-order valence-electron chi connectivity index (χ1n) is 6.64. The van der Waals surface area contributed by atoms with E-state index in [0.717, 1.165) is 30.6 Å². The summed E-state index contributed by atoms with van der Waals surface area (Å²) in [6, 6.07) is 7.78. The minimum atomic E-state index is -0.325. The number of amides is 2. The molecule has 2 amide bonds. The van der Waals surface area contributed by atoms with Gasteiger partial charge in [0, 0.05) is 17.8 Å². The average Bonchev–Trinajstić information content (AvgIpc) is 2.84. The summed E-state index contributed by atoms with van der Waals surface area (Å²) in [5.74, 6) is 0.413. The maximum absolute atomic E-state index is 12.1. The Balaban J connectivity index is 2.08. The summed E-state index contributed by atoms with van der Waals surface area (Å²) >= 11 is 0. The summed E-state index contributed by atoms with van der Waals surface area (Å²) in [5.41, 5.74) is 0.728. The molecule has 2 fully saturated rings. The number of hydrogen-bond acceptors (Lipinski definition) is 3. The maximum Gasteiger partial charge on any atom is 0.230 e. The molecule has 100 valence electrons. The van der Waals surface area contributed by atoms with E-state index in [9.17, 15) is 9.59 Å². The molecule has 0 radical (unpaired) electrons. The Bertz CT molecular complexity index is 540. The van der Waals surface area contributed by atoms with Crippen LogP contribution in [-0.2, 0) is 15.0 Å². The van der Waals surface area contributed by atoms with Gasteiger partial charge in [-0.05, 0) is 30.5 Å². The first-order chi connectivity index (χ1) is 9.15. The normalized spacial score (nSPS) is 29.8. The fourth-order valence-electron chi connectivity index (χ4n) is 3.60. The number of rotatable bonds is 2. The number of fused-ring (bicyclic) bond motifs is 1. The molecule has 0 spiro atoms. The third-order valence-electron chi connectivity index (χ3n) is 4.48. The predicted octanol–water partition coefficient (Wildman–Crippen LogP) is 1.78. The molecule has 1 aromatic carbocycles. The Morgan fingerprint density at radius 2 is 2.21 bits per heavy atom. The van der Waals surface area contributed by atoms with Crippen molar-refractivity contribution in [2.75, 3.05) is 7.11 Å². The van der Waals surface area contributed by atoms with Crippen LogP contribution >= 0.6 is 0 Å². The number of methoxy groups -OCH3 is 1. The third-order valence-corrected chi connectivity index (χ3v) is 4.48. The summed E-state index contributed by atoms with van der Waals surface area (Å²) < 4.78 is 5.26. The molecule has 1 saturated carbocycles. The summed E-state index contributed by atoms with van der Waals surface area (Å²) in [5, 5.41) is 2.46. The Morgan fingerprint density at radius 1 is 1.37 bits per heavy atom. The van der Waals surface area contributed by atoms with E-state index in [4.69, 9.17) is 4.74 Å². The summed E-state index contributed by atoms with van der Waals surface area (Å²) in [6.07, 6.45) is 3.14. The molecule has 2 aliphatic rings. The summed E-state index contributed by atoms with van der Waals surface area (Å²) in [6.45, 7) is 0. The van der Waals surface area contributed by atoms with Crippen molar-refractivity contribution in [2.45, 2.75) is 31.1 Å². The van der Waals surface area contributed by atoms with E-state index in [2.05, 4.69) is 5.32 Å². The van der Waals surface area contributed by atoms with Crippen molar-refractivity contribution in [2.24, 2.45) is 5.92 Å². The molecule has 19 heavy (non-hydrogen) atoms. The van der Waals surface area contributed by atoms with Gasteiger partial charge in [0.15, 0.2) is 0 Å². The van der Waals surface area contributed by atoms with Gasteiger partial charge in [-0.15, -0.1) is 0 Å². The second kappa shape index (κ2) is 4.37. The molecule has 4 nitrogen and oxygen atoms in total. The van der Waals surface area contributed by atoms with Gasteiger partial charge in [-0.3, -0.25) is 14.9 Å². The number of carbonyl (C=O) groups is 2. The van der Waals surface area contributed by atoms with E-state index >= 15 is 0 Å². The number of piperidine rings is 1. The fraction of sp³-hybridized carbons (Fsp3) is 0.467. The molecular weight excluding hydrogens is 242 g/mol. The van der Waals surface area contributed by atoms with E-state index in [1.165, 1.54) is 0 Å². The monoisotopic (exact) mass is 259 g/mol. The lowest BCUT2D eigenvalue weighted by Crippen LogP contribution is -2.52. The van der Waals surface area contributed by atoms with Gasteiger partial charge in [0.05, 0.1) is 7.11 Å². The van der Waals surface area contributed by atoms with E-state index in [1.54, 1.807) is 7.11 Å². The van der Waals surface area contributed by atoms with Crippen LogP contribution in [0.25, 0.3) is 0 Å². The molecule has 2 atom stereocenters. The molecule has 1 heterocycles. The molecule has 1 aromatic rings. The number of hydrogen-bond donors (Lipinski definition) is 1. The van der Waals surface area contributed by atoms with Gasteiger partial charge in [-0.2, -0.15) is 0 Å². The van der Waals surface area contributed by atoms with Crippen LogP contribution in [0.2, 0.25) is 0 Å². The minimum Gasteiger partial charge on any atom is -0.497 e. The van der Waals surface area contributed by atoms with Crippen molar-refractivity contribution < 1.29 is 14.3 Å². The molecule has 3 rings (SSSR count). The number of benzene rings is 1. The molecule has 0 aromatic heterocycles. The van der Waals surface area contributed by atoms with E-state index in [-0.39, 0.29) is 23.1 Å². The van der Waals surface area contributed by atoms with Gasteiger partial charge >= 0.3 is 0 Å². The Morgan fingerprint density at radius 3 is 3.00 bits per heavy atom. The summed E-state index contributed by atoms with van der Waals surface area (Å²) in [7, 11) is 1.63. The van der Waals surface area contributed by atoms with Crippen molar-refractivity contribution in [3.05, 3.63) is 29.8 Å². The van der Waals surface area contributed by atoms with Crippen LogP contribution in [0.4, 0.5) is 0 Å². The molecule has 0 bridgehead atoms. The number of nitrogens with one attached hydrogen (secondary N) is 1. The quantitative estimate of drug-likeness (QED) is 0.824. The Labute approximate surface area is 112 Å². The van der Waals surface area contributed by atoms with Crippen LogP contribution in [0.5, 0.6) is 5.75 Å². The SMILES string of the molecule is COc1cccc(C23CCCC2C(=O)NC(=O)C3)c1. The highest BCUT2D eigenvalue weighted by molar-refractivity contribution is 6.01. The van der Waals surface area contributed by atoms with Gasteiger partial charge in [0.1, 0.15) is 5.75 Å². The lowest BCUT2D eigenvalue weighted by atomic mass is 9.67. The zero-order chi connectivity index (χ0) is 13.5. The number of carbonyl (C=O) groups excluding carboxylic acids is 2. The van der Waals surface area contributed by atoms with E-state index in [1.807, 2.05) is 24.3 Å². The molecule has 2 unspecified atom stereocenters. The van der Waals surface area contributed by atoms with Gasteiger partial charge in [0.25, 0.3) is 0 Å². The highest BCUT2D eigenvalue weighted by Crippen LogP contribution is 2.50. The molecule has 1 aliphatic carbocycles. The van der Waals surface area contributed by atoms with Crippen molar-refractivity contribution in [3.63, 3.8) is 0 Å². The lowest BCUT2D eigenvalue weighted by molar-refractivity contribution is -0.139. The first-order valence-corrected chi connectivity index (χ1v) is 6.64. The first kappa shape index (κ1) is 12.2. The number of ether oxygens (including phenoxy) is 1. The standard InChI is InChI=1S/C15H17NO3/c1-19-11-5-2-4-10(8-11)15-7-3-6-12(15)14(18)16-13(17)9-15/h2,4-5,8,12H,3,6-7,9H2,1H3,(H,16,17,18). The minimum absolute atomic E-state index is 0.0858. The van der Waals surface area contributed by atoms with Gasteiger partial charge in [0.2, 0.25) is 11.8 Å².